The Balaban J connectivity index is 2.14. The van der Waals surface area contributed by atoms with E-state index in [2.05, 4.69) is 33.6 Å². The van der Waals surface area contributed by atoms with Crippen molar-refractivity contribution in [2.45, 2.75) is 32.6 Å². The van der Waals surface area contributed by atoms with E-state index in [-0.39, 0.29) is 5.69 Å². The first kappa shape index (κ1) is 14.1. The second kappa shape index (κ2) is 6.71. The summed E-state index contributed by atoms with van der Waals surface area (Å²) in [4.78, 5) is 15.7. The average molecular weight is 271 g/mol. The van der Waals surface area contributed by atoms with Gasteiger partial charge in [-0.1, -0.05) is 25.7 Å². The molecule has 0 amide bonds. The summed E-state index contributed by atoms with van der Waals surface area (Å²) in [6.45, 7) is 2.17. The molecule has 0 aliphatic carbocycles. The smallest absolute Gasteiger partial charge is 0.358 e. The summed E-state index contributed by atoms with van der Waals surface area (Å²) >= 11 is 0. The predicted octanol–water partition coefficient (Wildman–Crippen LogP) is 2.45. The van der Waals surface area contributed by atoms with Gasteiger partial charge in [0.25, 0.3) is 0 Å². The Morgan fingerprint density at radius 3 is 3.05 bits per heavy atom. The van der Waals surface area contributed by atoms with Gasteiger partial charge in [-0.15, -0.1) is 0 Å². The molecule has 5 nitrogen and oxygen atoms in total. The molecule has 2 heterocycles. The molecule has 0 N–H and O–H groups in total. The molecule has 0 saturated carbocycles. The van der Waals surface area contributed by atoms with E-state index in [0.717, 1.165) is 12.8 Å². The van der Waals surface area contributed by atoms with Gasteiger partial charge >= 0.3 is 5.97 Å². The third-order valence-electron chi connectivity index (χ3n) is 2.84. The molecule has 2 aromatic heterocycles. The fraction of sp³-hybridized carbons (Fsp3) is 0.400. The molecule has 2 rings (SSSR count). The Morgan fingerprint density at radius 1 is 1.45 bits per heavy atom. The minimum Gasteiger partial charge on any atom is -0.464 e. The standard InChI is InChI=1S/C15H17N3O2/c1-3-4-5-6-7-8-12-9-10-18-14(16-12)11-13(17-18)15(19)20-2/h9-11H,3-6H2,1-2H3. The number of esters is 1. The zero-order valence-electron chi connectivity index (χ0n) is 11.7. The molecular formula is C15H17N3O2. The van der Waals surface area contributed by atoms with Crippen LogP contribution in [-0.4, -0.2) is 27.7 Å². The minimum atomic E-state index is -0.470. The molecule has 0 aliphatic heterocycles. The SMILES string of the molecule is CCCCCC#Cc1ccn2nc(C(=O)OC)cc2n1. The van der Waals surface area contributed by atoms with Crippen LogP contribution in [0.15, 0.2) is 18.3 Å². The van der Waals surface area contributed by atoms with Crippen LogP contribution in [0.4, 0.5) is 0 Å². The second-order valence-corrected chi connectivity index (χ2v) is 4.40. The zero-order valence-corrected chi connectivity index (χ0v) is 11.7. The van der Waals surface area contributed by atoms with Crippen LogP contribution in [0.3, 0.4) is 0 Å². The lowest BCUT2D eigenvalue weighted by Crippen LogP contribution is -2.01. The van der Waals surface area contributed by atoms with E-state index in [1.807, 2.05) is 0 Å². The lowest BCUT2D eigenvalue weighted by atomic mass is 10.2. The van der Waals surface area contributed by atoms with Gasteiger partial charge in [-0.2, -0.15) is 5.10 Å². The van der Waals surface area contributed by atoms with E-state index in [4.69, 9.17) is 0 Å². The molecular weight excluding hydrogens is 254 g/mol. The van der Waals surface area contributed by atoms with Gasteiger partial charge in [-0.3, -0.25) is 0 Å². The summed E-state index contributed by atoms with van der Waals surface area (Å²) in [5, 5.41) is 4.08. The van der Waals surface area contributed by atoms with E-state index in [0.29, 0.717) is 11.3 Å². The van der Waals surface area contributed by atoms with Crippen molar-refractivity contribution in [1.29, 1.82) is 0 Å². The average Bonchev–Trinajstić information content (AvgIpc) is 2.89. The molecule has 0 radical (unpaired) electrons. The molecule has 20 heavy (non-hydrogen) atoms. The quantitative estimate of drug-likeness (QED) is 0.487. The number of aromatic nitrogens is 3. The molecule has 0 bridgehead atoms. The topological polar surface area (TPSA) is 56.5 Å². The van der Waals surface area contributed by atoms with E-state index in [1.54, 1.807) is 18.3 Å². The molecule has 0 fully saturated rings. The number of fused-ring (bicyclic) bond motifs is 1. The fourth-order valence-electron chi connectivity index (χ4n) is 1.77. The highest BCUT2D eigenvalue weighted by Crippen LogP contribution is 2.06. The van der Waals surface area contributed by atoms with Gasteiger partial charge in [0.05, 0.1) is 7.11 Å². The summed E-state index contributed by atoms with van der Waals surface area (Å²) in [6.07, 6.45) is 6.13. The number of methoxy groups -OCH3 is 1. The summed E-state index contributed by atoms with van der Waals surface area (Å²) in [6, 6.07) is 3.38. The van der Waals surface area contributed by atoms with Crippen LogP contribution in [0.25, 0.3) is 5.65 Å². The van der Waals surface area contributed by atoms with E-state index < -0.39 is 5.97 Å². The van der Waals surface area contributed by atoms with Crippen molar-refractivity contribution < 1.29 is 9.53 Å². The van der Waals surface area contributed by atoms with Crippen LogP contribution in [0.5, 0.6) is 0 Å². The number of ether oxygens (including phenoxy) is 1. The van der Waals surface area contributed by atoms with Crippen LogP contribution >= 0.6 is 0 Å². The molecule has 0 saturated heterocycles. The van der Waals surface area contributed by atoms with Crippen LogP contribution in [0.1, 0.15) is 48.8 Å². The van der Waals surface area contributed by atoms with Gasteiger partial charge in [0.1, 0.15) is 5.69 Å². The van der Waals surface area contributed by atoms with Gasteiger partial charge in [-0.05, 0) is 18.4 Å². The molecule has 0 aromatic carbocycles. The van der Waals surface area contributed by atoms with Crippen molar-refractivity contribution in [1.82, 2.24) is 14.6 Å². The zero-order chi connectivity index (χ0) is 14.4. The van der Waals surface area contributed by atoms with Crippen LogP contribution in [-0.2, 0) is 4.74 Å². The lowest BCUT2D eigenvalue weighted by molar-refractivity contribution is 0.0593. The highest BCUT2D eigenvalue weighted by atomic mass is 16.5. The predicted molar refractivity (Wildman–Crippen MR) is 75.3 cm³/mol. The first-order valence-electron chi connectivity index (χ1n) is 6.68. The summed E-state index contributed by atoms with van der Waals surface area (Å²) in [7, 11) is 1.33. The Labute approximate surface area is 118 Å². The monoisotopic (exact) mass is 271 g/mol. The largest absolute Gasteiger partial charge is 0.464 e. The first-order valence-corrected chi connectivity index (χ1v) is 6.68. The number of rotatable bonds is 4. The van der Waals surface area contributed by atoms with Gasteiger partial charge in [0, 0.05) is 18.7 Å². The number of carbonyl (C=O) groups excluding carboxylic acids is 1. The lowest BCUT2D eigenvalue weighted by Gasteiger charge is -1.93. The Hall–Kier alpha value is -2.35. The van der Waals surface area contributed by atoms with Crippen molar-refractivity contribution in [2.75, 3.05) is 7.11 Å². The number of nitrogens with zero attached hydrogens (tertiary/aromatic N) is 3. The van der Waals surface area contributed by atoms with Gasteiger partial charge in [0.15, 0.2) is 11.3 Å². The second-order valence-electron chi connectivity index (χ2n) is 4.40. The number of carbonyl (C=O) groups is 1. The molecule has 2 aromatic rings. The van der Waals surface area contributed by atoms with Crippen LogP contribution in [0.2, 0.25) is 0 Å². The minimum absolute atomic E-state index is 0.244. The molecule has 0 aliphatic rings. The molecule has 0 atom stereocenters. The number of hydrogen-bond donors (Lipinski definition) is 0. The van der Waals surface area contributed by atoms with E-state index in [1.165, 1.54) is 24.5 Å². The highest BCUT2D eigenvalue weighted by Gasteiger charge is 2.11. The maximum atomic E-state index is 11.4. The third-order valence-corrected chi connectivity index (χ3v) is 2.84. The normalized spacial score (nSPS) is 10.1. The van der Waals surface area contributed by atoms with Crippen LogP contribution in [0, 0.1) is 11.8 Å². The maximum Gasteiger partial charge on any atom is 0.358 e. The molecule has 5 heteroatoms. The van der Waals surface area contributed by atoms with E-state index in [9.17, 15) is 4.79 Å². The Morgan fingerprint density at radius 2 is 2.30 bits per heavy atom. The van der Waals surface area contributed by atoms with Gasteiger partial charge in [0.2, 0.25) is 0 Å². The molecule has 0 spiro atoms. The van der Waals surface area contributed by atoms with Crippen molar-refractivity contribution in [3.05, 3.63) is 29.7 Å². The van der Waals surface area contributed by atoms with Crippen molar-refractivity contribution in [3.8, 4) is 11.8 Å². The van der Waals surface area contributed by atoms with E-state index >= 15 is 0 Å². The van der Waals surface area contributed by atoms with Gasteiger partial charge < -0.3 is 4.74 Å². The van der Waals surface area contributed by atoms with Crippen molar-refractivity contribution in [2.24, 2.45) is 0 Å². The maximum absolute atomic E-state index is 11.4. The number of unbranched alkanes of at least 4 members (excludes halogenated alkanes) is 3. The van der Waals surface area contributed by atoms with Gasteiger partial charge in [-0.25, -0.2) is 14.3 Å². The molecule has 104 valence electrons. The van der Waals surface area contributed by atoms with Crippen molar-refractivity contribution >= 4 is 11.6 Å². The van der Waals surface area contributed by atoms with Crippen LogP contribution < -0.4 is 0 Å². The molecule has 0 unspecified atom stereocenters. The Kier molecular flexibility index (Phi) is 4.72. The highest BCUT2D eigenvalue weighted by molar-refractivity contribution is 5.88. The third kappa shape index (κ3) is 3.35. The first-order chi connectivity index (χ1) is 9.74. The fourth-order valence-corrected chi connectivity index (χ4v) is 1.77. The summed E-state index contributed by atoms with van der Waals surface area (Å²) < 4.78 is 6.16. The Bertz CT molecular complexity index is 665. The van der Waals surface area contributed by atoms with Crippen molar-refractivity contribution in [3.63, 3.8) is 0 Å². The summed E-state index contributed by atoms with van der Waals surface area (Å²) in [5.41, 5.74) is 1.52. The summed E-state index contributed by atoms with van der Waals surface area (Å²) in [5.74, 6) is 5.67. The number of hydrogen-bond acceptors (Lipinski definition) is 4.